The lowest BCUT2D eigenvalue weighted by atomic mass is 10.0. The highest BCUT2D eigenvalue weighted by Gasteiger charge is 2.25. The first-order valence-corrected chi connectivity index (χ1v) is 6.80. The fourth-order valence-corrected chi connectivity index (χ4v) is 2.33. The number of morpholine rings is 1. The number of benzene rings is 1. The molecule has 0 saturated carbocycles. The lowest BCUT2D eigenvalue weighted by molar-refractivity contribution is -0.135. The first-order chi connectivity index (χ1) is 9.19. The van der Waals surface area contributed by atoms with E-state index in [1.807, 2.05) is 0 Å². The molecule has 0 amide bonds. The molecule has 0 radical (unpaired) electrons. The zero-order chi connectivity index (χ0) is 13.7. The first-order valence-electron chi connectivity index (χ1n) is 6.80. The fourth-order valence-electron chi connectivity index (χ4n) is 2.33. The van der Waals surface area contributed by atoms with Crippen LogP contribution in [0.5, 0.6) is 0 Å². The fraction of sp³-hybridized carbons (Fsp3) is 0.533. The molecule has 1 atom stereocenters. The summed E-state index contributed by atoms with van der Waals surface area (Å²) < 4.78 is 18.3. The largest absolute Gasteiger partial charge is 0.368 e. The maximum Gasteiger partial charge on any atom is 0.167 e. The molecule has 0 bridgehead atoms. The van der Waals surface area contributed by atoms with E-state index in [9.17, 15) is 9.18 Å². The third kappa shape index (κ3) is 4.11. The van der Waals surface area contributed by atoms with Crippen molar-refractivity contribution in [2.24, 2.45) is 0 Å². The summed E-state index contributed by atoms with van der Waals surface area (Å²) in [6.07, 6.45) is 1.05. The number of ketones is 1. The highest BCUT2D eigenvalue weighted by molar-refractivity contribution is 5.85. The molecule has 1 aliphatic rings. The highest BCUT2D eigenvalue weighted by Crippen LogP contribution is 2.11. The number of hydrogen-bond acceptors (Lipinski definition) is 3. The van der Waals surface area contributed by atoms with Gasteiger partial charge in [0.25, 0.3) is 0 Å². The molecule has 4 heteroatoms. The van der Waals surface area contributed by atoms with Gasteiger partial charge in [-0.1, -0.05) is 19.1 Å². The molecular weight excluding hydrogens is 245 g/mol. The first kappa shape index (κ1) is 14.2. The maximum absolute atomic E-state index is 12.8. The van der Waals surface area contributed by atoms with Crippen molar-refractivity contribution in [2.75, 3.05) is 26.2 Å². The van der Waals surface area contributed by atoms with E-state index >= 15 is 0 Å². The van der Waals surface area contributed by atoms with E-state index in [4.69, 9.17) is 4.74 Å². The summed E-state index contributed by atoms with van der Waals surface area (Å²) in [6.45, 7) is 5.32. The predicted molar refractivity (Wildman–Crippen MR) is 71.6 cm³/mol. The van der Waals surface area contributed by atoms with Gasteiger partial charge in [-0.3, -0.25) is 9.69 Å². The third-order valence-electron chi connectivity index (χ3n) is 3.34. The Morgan fingerprint density at radius 3 is 2.84 bits per heavy atom. The van der Waals surface area contributed by atoms with Crippen LogP contribution >= 0.6 is 0 Å². The van der Waals surface area contributed by atoms with Gasteiger partial charge in [-0.05, 0) is 30.7 Å². The Morgan fingerprint density at radius 1 is 1.42 bits per heavy atom. The number of ether oxygens (including phenoxy) is 1. The van der Waals surface area contributed by atoms with E-state index in [1.54, 1.807) is 12.1 Å². The van der Waals surface area contributed by atoms with Gasteiger partial charge in [0.1, 0.15) is 11.9 Å². The van der Waals surface area contributed by atoms with E-state index in [1.165, 1.54) is 12.1 Å². The minimum Gasteiger partial charge on any atom is -0.368 e. The molecule has 1 aromatic rings. The van der Waals surface area contributed by atoms with Gasteiger partial charge in [0.05, 0.1) is 6.61 Å². The molecule has 0 aliphatic carbocycles. The van der Waals surface area contributed by atoms with Crippen LogP contribution in [0.2, 0.25) is 0 Å². The van der Waals surface area contributed by atoms with E-state index in [0.717, 1.165) is 25.1 Å². The Balaban J connectivity index is 1.90. The highest BCUT2D eigenvalue weighted by atomic mass is 19.1. The Hall–Kier alpha value is -1.26. The van der Waals surface area contributed by atoms with Crippen LogP contribution in [0.4, 0.5) is 4.39 Å². The number of halogens is 1. The van der Waals surface area contributed by atoms with Crippen LogP contribution in [0.1, 0.15) is 18.9 Å². The number of carbonyl (C=O) groups excluding carboxylic acids is 1. The lowest BCUT2D eigenvalue weighted by Crippen LogP contribution is -2.46. The molecule has 1 fully saturated rings. The maximum atomic E-state index is 12.8. The van der Waals surface area contributed by atoms with Crippen LogP contribution < -0.4 is 0 Å². The molecule has 0 N–H and O–H groups in total. The number of rotatable bonds is 5. The van der Waals surface area contributed by atoms with Crippen LogP contribution in [0.25, 0.3) is 0 Å². The molecule has 3 nitrogen and oxygen atoms in total. The summed E-state index contributed by atoms with van der Waals surface area (Å²) in [5.41, 5.74) is 0.836. The average Bonchev–Trinajstić information content (AvgIpc) is 2.42. The van der Waals surface area contributed by atoms with Crippen LogP contribution in [0.3, 0.4) is 0 Å². The third-order valence-corrected chi connectivity index (χ3v) is 3.34. The predicted octanol–water partition coefficient (Wildman–Crippen LogP) is 2.05. The van der Waals surface area contributed by atoms with Crippen molar-refractivity contribution in [1.82, 2.24) is 4.90 Å². The summed E-state index contributed by atoms with van der Waals surface area (Å²) >= 11 is 0. The van der Waals surface area contributed by atoms with Crippen LogP contribution in [-0.4, -0.2) is 43.0 Å². The SMILES string of the molecule is CCCN1CCOC(C(=O)Cc2ccc(F)cc2)C1. The number of carbonyl (C=O) groups is 1. The summed E-state index contributed by atoms with van der Waals surface area (Å²) in [4.78, 5) is 14.4. The summed E-state index contributed by atoms with van der Waals surface area (Å²) in [6, 6.07) is 6.07. The Morgan fingerprint density at radius 2 is 2.16 bits per heavy atom. The Labute approximate surface area is 113 Å². The number of Topliss-reactive ketones (excluding diaryl/α,β-unsaturated/α-hetero) is 1. The molecule has 0 spiro atoms. The summed E-state index contributed by atoms with van der Waals surface area (Å²) in [5, 5.41) is 0. The monoisotopic (exact) mass is 265 g/mol. The molecule has 104 valence electrons. The molecule has 1 unspecified atom stereocenters. The summed E-state index contributed by atoms with van der Waals surface area (Å²) in [5.74, 6) is -0.202. The normalized spacial score (nSPS) is 20.4. The molecule has 1 saturated heterocycles. The van der Waals surface area contributed by atoms with E-state index in [0.29, 0.717) is 19.6 Å². The second kappa shape index (κ2) is 6.78. The molecule has 19 heavy (non-hydrogen) atoms. The van der Waals surface area contributed by atoms with Crippen LogP contribution in [-0.2, 0) is 16.0 Å². The van der Waals surface area contributed by atoms with Gasteiger partial charge in [0.2, 0.25) is 0 Å². The Bertz CT molecular complexity index is 417. The molecule has 2 rings (SSSR count). The van der Waals surface area contributed by atoms with E-state index in [-0.39, 0.29) is 17.7 Å². The van der Waals surface area contributed by atoms with Crippen LogP contribution in [0.15, 0.2) is 24.3 Å². The van der Waals surface area contributed by atoms with Crippen molar-refractivity contribution < 1.29 is 13.9 Å². The van der Waals surface area contributed by atoms with Crippen molar-refractivity contribution >= 4 is 5.78 Å². The smallest absolute Gasteiger partial charge is 0.167 e. The summed E-state index contributed by atoms with van der Waals surface area (Å²) in [7, 11) is 0. The number of nitrogens with zero attached hydrogens (tertiary/aromatic N) is 1. The second-order valence-corrected chi connectivity index (χ2v) is 4.93. The second-order valence-electron chi connectivity index (χ2n) is 4.93. The zero-order valence-electron chi connectivity index (χ0n) is 11.3. The van der Waals surface area contributed by atoms with Gasteiger partial charge in [-0.2, -0.15) is 0 Å². The van der Waals surface area contributed by atoms with Crippen molar-refractivity contribution in [1.29, 1.82) is 0 Å². The van der Waals surface area contributed by atoms with Gasteiger partial charge in [0, 0.05) is 19.5 Å². The van der Waals surface area contributed by atoms with Crippen molar-refractivity contribution in [2.45, 2.75) is 25.9 Å². The van der Waals surface area contributed by atoms with Gasteiger partial charge >= 0.3 is 0 Å². The van der Waals surface area contributed by atoms with E-state index < -0.39 is 0 Å². The quantitative estimate of drug-likeness (QED) is 0.816. The number of hydrogen-bond donors (Lipinski definition) is 0. The van der Waals surface area contributed by atoms with Crippen LogP contribution in [0, 0.1) is 5.82 Å². The van der Waals surface area contributed by atoms with Crippen molar-refractivity contribution in [3.05, 3.63) is 35.6 Å². The van der Waals surface area contributed by atoms with E-state index in [2.05, 4.69) is 11.8 Å². The molecule has 0 aromatic heterocycles. The minimum atomic E-state index is -0.342. The minimum absolute atomic E-state index is 0.0763. The topological polar surface area (TPSA) is 29.5 Å². The van der Waals surface area contributed by atoms with Gasteiger partial charge < -0.3 is 4.74 Å². The Kier molecular flexibility index (Phi) is 5.05. The van der Waals surface area contributed by atoms with Crippen molar-refractivity contribution in [3.63, 3.8) is 0 Å². The van der Waals surface area contributed by atoms with Gasteiger partial charge in [-0.25, -0.2) is 4.39 Å². The van der Waals surface area contributed by atoms with Gasteiger partial charge in [0.15, 0.2) is 5.78 Å². The molecule has 1 aliphatic heterocycles. The zero-order valence-corrected chi connectivity index (χ0v) is 11.3. The molecular formula is C15H20FNO2. The average molecular weight is 265 g/mol. The molecule has 1 heterocycles. The molecule has 1 aromatic carbocycles. The standard InChI is InChI=1S/C15H20FNO2/c1-2-7-17-8-9-19-15(11-17)14(18)10-12-3-5-13(16)6-4-12/h3-6,15H,2,7-11H2,1H3. The van der Waals surface area contributed by atoms with Crippen molar-refractivity contribution in [3.8, 4) is 0 Å². The lowest BCUT2D eigenvalue weighted by Gasteiger charge is -2.31. The van der Waals surface area contributed by atoms with Gasteiger partial charge in [-0.15, -0.1) is 0 Å².